The van der Waals surface area contributed by atoms with Crippen LogP contribution in [-0.4, -0.2) is 31.7 Å². The van der Waals surface area contributed by atoms with E-state index in [1.54, 1.807) is 22.8 Å². The van der Waals surface area contributed by atoms with Crippen molar-refractivity contribution >= 4 is 40.4 Å². The highest BCUT2D eigenvalue weighted by Gasteiger charge is 2.33. The van der Waals surface area contributed by atoms with E-state index in [9.17, 15) is 9.59 Å². The van der Waals surface area contributed by atoms with Gasteiger partial charge in [0.2, 0.25) is 0 Å². The molecular formula is C22H21N3O3S2. The SMILES string of the molecule is COC(=O)C1=C(C)N=c2s/c(=C/c3cccs3)c(=O)n2[C@H]1c1ccc(N(C)C)cc1. The number of nitrogens with zero attached hydrogens (tertiary/aromatic N) is 3. The molecule has 154 valence electrons. The first kappa shape index (κ1) is 20.3. The molecule has 1 aliphatic rings. The summed E-state index contributed by atoms with van der Waals surface area (Å²) in [6.07, 6.45) is 1.87. The third-order valence-electron chi connectivity index (χ3n) is 4.97. The zero-order chi connectivity index (χ0) is 21.4. The zero-order valence-corrected chi connectivity index (χ0v) is 18.7. The predicted molar refractivity (Wildman–Crippen MR) is 121 cm³/mol. The van der Waals surface area contributed by atoms with Gasteiger partial charge in [-0.15, -0.1) is 11.3 Å². The van der Waals surface area contributed by atoms with Gasteiger partial charge in [-0.2, -0.15) is 0 Å². The molecule has 6 nitrogen and oxygen atoms in total. The molecule has 4 rings (SSSR count). The lowest BCUT2D eigenvalue weighted by molar-refractivity contribution is -0.136. The van der Waals surface area contributed by atoms with Gasteiger partial charge in [0.05, 0.1) is 29.0 Å². The van der Waals surface area contributed by atoms with E-state index < -0.39 is 12.0 Å². The molecule has 0 spiro atoms. The van der Waals surface area contributed by atoms with Crippen LogP contribution in [0.3, 0.4) is 0 Å². The van der Waals surface area contributed by atoms with Crippen molar-refractivity contribution in [3.63, 3.8) is 0 Å². The van der Waals surface area contributed by atoms with Gasteiger partial charge >= 0.3 is 5.97 Å². The van der Waals surface area contributed by atoms with Crippen molar-refractivity contribution in [3.8, 4) is 0 Å². The van der Waals surface area contributed by atoms with Gasteiger partial charge in [0, 0.05) is 24.7 Å². The molecule has 3 aromatic rings. The highest BCUT2D eigenvalue weighted by atomic mass is 32.1. The van der Waals surface area contributed by atoms with Crippen molar-refractivity contribution in [2.75, 3.05) is 26.1 Å². The first-order valence-corrected chi connectivity index (χ1v) is 11.0. The van der Waals surface area contributed by atoms with Crippen LogP contribution in [0.25, 0.3) is 6.08 Å². The van der Waals surface area contributed by atoms with Crippen molar-refractivity contribution in [2.24, 2.45) is 4.99 Å². The number of methoxy groups -OCH3 is 1. The summed E-state index contributed by atoms with van der Waals surface area (Å²) in [6.45, 7) is 1.78. The quantitative estimate of drug-likeness (QED) is 0.586. The van der Waals surface area contributed by atoms with E-state index >= 15 is 0 Å². The smallest absolute Gasteiger partial charge is 0.338 e. The van der Waals surface area contributed by atoms with Crippen LogP contribution in [0.2, 0.25) is 0 Å². The predicted octanol–water partition coefficient (Wildman–Crippen LogP) is 2.54. The lowest BCUT2D eigenvalue weighted by atomic mass is 9.95. The Bertz CT molecular complexity index is 1300. The molecule has 0 saturated carbocycles. The average molecular weight is 440 g/mol. The van der Waals surface area contributed by atoms with E-state index in [2.05, 4.69) is 4.99 Å². The second-order valence-electron chi connectivity index (χ2n) is 7.07. The summed E-state index contributed by atoms with van der Waals surface area (Å²) in [4.78, 5) is 34.2. The summed E-state index contributed by atoms with van der Waals surface area (Å²) in [5.74, 6) is -0.481. The zero-order valence-electron chi connectivity index (χ0n) is 17.1. The maximum atomic E-state index is 13.4. The fourth-order valence-corrected chi connectivity index (χ4v) is 5.23. The largest absolute Gasteiger partial charge is 0.466 e. The third-order valence-corrected chi connectivity index (χ3v) is 6.77. The van der Waals surface area contributed by atoms with Crippen molar-refractivity contribution in [1.29, 1.82) is 0 Å². The standard InChI is InChI=1S/C22H21N3O3S2/c1-13-18(21(27)28-4)19(14-7-9-15(10-8-14)24(2)3)25-20(26)17(30-22(25)23-13)12-16-6-5-11-29-16/h5-12,19H,1-4H3/b17-12+/t19-/m0/s1. The molecule has 30 heavy (non-hydrogen) atoms. The maximum Gasteiger partial charge on any atom is 0.338 e. The summed E-state index contributed by atoms with van der Waals surface area (Å²) in [7, 11) is 5.27. The van der Waals surface area contributed by atoms with E-state index in [1.165, 1.54) is 18.4 Å². The molecule has 0 amide bonds. The Kier molecular flexibility index (Phi) is 5.44. The van der Waals surface area contributed by atoms with E-state index in [0.717, 1.165) is 16.1 Å². The number of aromatic nitrogens is 1. The van der Waals surface area contributed by atoms with Gasteiger partial charge in [0.15, 0.2) is 4.80 Å². The van der Waals surface area contributed by atoms with Crippen molar-refractivity contribution in [1.82, 2.24) is 4.57 Å². The number of hydrogen-bond acceptors (Lipinski definition) is 7. The Morgan fingerprint density at radius 3 is 2.57 bits per heavy atom. The van der Waals surface area contributed by atoms with E-state index in [4.69, 9.17) is 4.74 Å². The van der Waals surface area contributed by atoms with Crippen LogP contribution in [-0.2, 0) is 9.53 Å². The van der Waals surface area contributed by atoms with Crippen LogP contribution in [0.5, 0.6) is 0 Å². The molecule has 8 heteroatoms. The van der Waals surface area contributed by atoms with Gasteiger partial charge in [-0.1, -0.05) is 29.5 Å². The molecule has 0 fully saturated rings. The molecular weight excluding hydrogens is 418 g/mol. The number of rotatable bonds is 4. The molecule has 0 saturated heterocycles. The molecule has 0 aliphatic carbocycles. The molecule has 2 aromatic heterocycles. The molecule has 0 N–H and O–H groups in total. The molecule has 1 atom stereocenters. The van der Waals surface area contributed by atoms with Crippen LogP contribution in [0, 0.1) is 0 Å². The minimum Gasteiger partial charge on any atom is -0.466 e. The summed E-state index contributed by atoms with van der Waals surface area (Å²) < 4.78 is 7.23. The first-order chi connectivity index (χ1) is 14.4. The molecule has 0 bridgehead atoms. The Hall–Kier alpha value is -2.97. The Morgan fingerprint density at radius 2 is 1.97 bits per heavy atom. The number of thiazole rings is 1. The van der Waals surface area contributed by atoms with Crippen LogP contribution in [0.4, 0.5) is 5.69 Å². The fourth-order valence-electron chi connectivity index (χ4n) is 3.47. The molecule has 0 unspecified atom stereocenters. The monoisotopic (exact) mass is 439 g/mol. The lowest BCUT2D eigenvalue weighted by Crippen LogP contribution is -2.39. The maximum absolute atomic E-state index is 13.4. The number of benzene rings is 1. The van der Waals surface area contributed by atoms with Crippen molar-refractivity contribution < 1.29 is 9.53 Å². The average Bonchev–Trinajstić information content (AvgIpc) is 3.35. The summed E-state index contributed by atoms with van der Waals surface area (Å²) in [5, 5.41) is 1.97. The Morgan fingerprint density at radius 1 is 1.23 bits per heavy atom. The molecule has 1 aromatic carbocycles. The van der Waals surface area contributed by atoms with Crippen LogP contribution < -0.4 is 19.8 Å². The van der Waals surface area contributed by atoms with Crippen LogP contribution >= 0.6 is 22.7 Å². The highest BCUT2D eigenvalue weighted by molar-refractivity contribution is 7.11. The van der Waals surface area contributed by atoms with Crippen molar-refractivity contribution in [3.05, 3.63) is 83.2 Å². The normalized spacial score (nSPS) is 16.3. The van der Waals surface area contributed by atoms with Gasteiger partial charge in [0.1, 0.15) is 0 Å². The first-order valence-electron chi connectivity index (χ1n) is 9.32. The number of esters is 1. The van der Waals surface area contributed by atoms with E-state index in [1.807, 2.05) is 66.8 Å². The summed E-state index contributed by atoms with van der Waals surface area (Å²) in [5.41, 5.74) is 2.64. The van der Waals surface area contributed by atoms with E-state index in [-0.39, 0.29) is 5.56 Å². The van der Waals surface area contributed by atoms with Gasteiger partial charge in [-0.25, -0.2) is 9.79 Å². The minimum absolute atomic E-state index is 0.164. The number of anilines is 1. The highest BCUT2D eigenvalue weighted by Crippen LogP contribution is 2.31. The molecule has 1 aliphatic heterocycles. The van der Waals surface area contributed by atoms with Crippen molar-refractivity contribution in [2.45, 2.75) is 13.0 Å². The van der Waals surface area contributed by atoms with Gasteiger partial charge < -0.3 is 9.64 Å². The fraction of sp³-hybridized carbons (Fsp3) is 0.227. The number of thiophene rings is 1. The number of hydrogen-bond donors (Lipinski definition) is 0. The number of carbonyl (C=O) groups is 1. The number of carbonyl (C=O) groups excluding carboxylic acids is 1. The van der Waals surface area contributed by atoms with Gasteiger partial charge in [-0.05, 0) is 42.1 Å². The van der Waals surface area contributed by atoms with Gasteiger partial charge in [-0.3, -0.25) is 9.36 Å². The van der Waals surface area contributed by atoms with Crippen LogP contribution in [0.15, 0.2) is 62.8 Å². The summed E-state index contributed by atoms with van der Waals surface area (Å²) in [6, 6.07) is 11.2. The lowest BCUT2D eigenvalue weighted by Gasteiger charge is -2.25. The number of allylic oxidation sites excluding steroid dienone is 1. The number of fused-ring (bicyclic) bond motifs is 1. The molecule has 0 radical (unpaired) electrons. The van der Waals surface area contributed by atoms with Gasteiger partial charge in [0.25, 0.3) is 5.56 Å². The molecule has 3 heterocycles. The second-order valence-corrected chi connectivity index (χ2v) is 9.06. The Balaban J connectivity index is 1.95. The number of ether oxygens (including phenoxy) is 1. The Labute approximate surface area is 181 Å². The van der Waals surface area contributed by atoms with E-state index in [0.29, 0.717) is 20.6 Å². The minimum atomic E-state index is -0.588. The topological polar surface area (TPSA) is 63.9 Å². The second kappa shape index (κ2) is 8.04. The summed E-state index contributed by atoms with van der Waals surface area (Å²) >= 11 is 2.90. The van der Waals surface area contributed by atoms with Crippen LogP contribution in [0.1, 0.15) is 23.4 Å². The third kappa shape index (κ3) is 3.53.